The highest BCUT2D eigenvalue weighted by molar-refractivity contribution is 6.10. The third kappa shape index (κ3) is 4.46. The van der Waals surface area contributed by atoms with Crippen molar-refractivity contribution in [2.24, 2.45) is 5.41 Å². The largest absolute Gasteiger partial charge is 0.378 e. The van der Waals surface area contributed by atoms with Crippen LogP contribution in [0.25, 0.3) is 0 Å². The minimum Gasteiger partial charge on any atom is -0.378 e. The van der Waals surface area contributed by atoms with Gasteiger partial charge >= 0.3 is 0 Å². The number of hydrogen-bond donors (Lipinski definition) is 2. The first-order valence-electron chi connectivity index (χ1n) is 12.0. The van der Waals surface area contributed by atoms with Crippen LogP contribution in [-0.4, -0.2) is 25.7 Å². The van der Waals surface area contributed by atoms with Gasteiger partial charge in [0.05, 0.1) is 17.4 Å². The molecule has 1 aliphatic heterocycles. The Balaban J connectivity index is 1.59. The lowest BCUT2D eigenvalue weighted by Gasteiger charge is -2.34. The molecule has 0 radical (unpaired) electrons. The summed E-state index contributed by atoms with van der Waals surface area (Å²) < 4.78 is 0. The maximum atomic E-state index is 13.5. The lowest BCUT2D eigenvalue weighted by atomic mass is 9.73. The van der Waals surface area contributed by atoms with E-state index in [1.807, 2.05) is 62.6 Å². The van der Waals surface area contributed by atoms with Crippen molar-refractivity contribution in [3.8, 4) is 0 Å². The number of hydrogen-bond acceptors (Lipinski definition) is 5. The van der Waals surface area contributed by atoms with Crippen molar-refractivity contribution in [1.29, 1.82) is 0 Å². The fourth-order valence-corrected chi connectivity index (χ4v) is 5.06. The van der Waals surface area contributed by atoms with E-state index in [0.29, 0.717) is 17.5 Å². The van der Waals surface area contributed by atoms with Crippen LogP contribution in [0.2, 0.25) is 0 Å². The van der Waals surface area contributed by atoms with E-state index < -0.39 is 0 Å². The van der Waals surface area contributed by atoms with E-state index in [1.165, 1.54) is 0 Å². The number of ketones is 2. The van der Waals surface area contributed by atoms with E-state index in [1.54, 1.807) is 0 Å². The van der Waals surface area contributed by atoms with E-state index in [0.717, 1.165) is 40.3 Å². The molecule has 1 heterocycles. The molecule has 5 heteroatoms. The van der Waals surface area contributed by atoms with Gasteiger partial charge in [0.1, 0.15) is 0 Å². The zero-order chi connectivity index (χ0) is 24.7. The normalized spacial score (nSPS) is 18.5. The molecule has 2 aliphatic rings. The second kappa shape index (κ2) is 8.73. The fraction of sp³-hybridized carbons (Fsp3) is 0.267. The van der Waals surface area contributed by atoms with Gasteiger partial charge in [-0.05, 0) is 47.7 Å². The topological polar surface area (TPSA) is 61.4 Å². The predicted octanol–water partition coefficient (Wildman–Crippen LogP) is 6.21. The predicted molar refractivity (Wildman–Crippen MR) is 142 cm³/mol. The molecule has 1 atom stereocenters. The average Bonchev–Trinajstić information content (AvgIpc) is 2.99. The molecule has 0 spiro atoms. The molecule has 3 aromatic rings. The number of nitrogens with one attached hydrogen (secondary N) is 2. The van der Waals surface area contributed by atoms with Crippen molar-refractivity contribution >= 4 is 28.6 Å². The summed E-state index contributed by atoms with van der Waals surface area (Å²) in [5.74, 6) is 0.135. The SMILES string of the molecule is CN(C)c1ccc([C@H]2Nc3ccc(C(=O)c4ccccc4)cc3NC3=C2C(=O)CC(C)(C)C3)cc1. The van der Waals surface area contributed by atoms with E-state index in [9.17, 15) is 9.59 Å². The number of Topliss-reactive ketones (excluding diaryl/α,β-unsaturated/α-hetero) is 1. The number of carbonyl (C=O) groups excluding carboxylic acids is 2. The summed E-state index contributed by atoms with van der Waals surface area (Å²) in [5, 5.41) is 7.18. The molecule has 0 saturated heterocycles. The van der Waals surface area contributed by atoms with Gasteiger partial charge < -0.3 is 15.5 Å². The summed E-state index contributed by atoms with van der Waals surface area (Å²) in [6.07, 6.45) is 1.27. The Hall–Kier alpha value is -3.86. The lowest BCUT2D eigenvalue weighted by molar-refractivity contribution is -0.118. The van der Waals surface area contributed by atoms with Gasteiger partial charge in [-0.3, -0.25) is 9.59 Å². The number of anilines is 3. The smallest absolute Gasteiger partial charge is 0.193 e. The zero-order valence-electron chi connectivity index (χ0n) is 20.7. The second-order valence-corrected chi connectivity index (χ2v) is 10.5. The molecule has 0 bridgehead atoms. The first-order chi connectivity index (χ1) is 16.7. The average molecular weight is 466 g/mol. The van der Waals surface area contributed by atoms with Crippen molar-refractivity contribution in [2.45, 2.75) is 32.7 Å². The quantitative estimate of drug-likeness (QED) is 0.449. The number of carbonyl (C=O) groups is 2. The monoisotopic (exact) mass is 465 g/mol. The first-order valence-corrected chi connectivity index (χ1v) is 12.0. The van der Waals surface area contributed by atoms with E-state index in [4.69, 9.17) is 0 Å². The van der Waals surface area contributed by atoms with Crippen LogP contribution in [0.1, 0.15) is 54.2 Å². The van der Waals surface area contributed by atoms with E-state index >= 15 is 0 Å². The molecule has 0 fully saturated rings. The van der Waals surface area contributed by atoms with Crippen molar-refractivity contribution in [1.82, 2.24) is 0 Å². The molecule has 3 aromatic carbocycles. The Labute approximate surface area is 206 Å². The van der Waals surface area contributed by atoms with Crippen LogP contribution in [0.15, 0.2) is 84.1 Å². The van der Waals surface area contributed by atoms with Gasteiger partial charge in [0.25, 0.3) is 0 Å². The summed E-state index contributed by atoms with van der Waals surface area (Å²) in [5.41, 5.74) is 6.68. The third-order valence-electron chi connectivity index (χ3n) is 6.85. The Morgan fingerprint density at radius 2 is 1.60 bits per heavy atom. The maximum absolute atomic E-state index is 13.5. The van der Waals surface area contributed by atoms with Crippen LogP contribution in [0, 0.1) is 5.41 Å². The van der Waals surface area contributed by atoms with Crippen molar-refractivity contribution in [2.75, 3.05) is 29.6 Å². The number of nitrogens with zero attached hydrogens (tertiary/aromatic N) is 1. The third-order valence-corrected chi connectivity index (χ3v) is 6.85. The molecule has 5 rings (SSSR count). The zero-order valence-corrected chi connectivity index (χ0v) is 20.7. The molecule has 0 unspecified atom stereocenters. The Morgan fingerprint density at radius 1 is 0.886 bits per heavy atom. The fourth-order valence-electron chi connectivity index (χ4n) is 5.06. The summed E-state index contributed by atoms with van der Waals surface area (Å²) in [7, 11) is 4.03. The number of allylic oxidation sites excluding steroid dienone is 1. The highest BCUT2D eigenvalue weighted by atomic mass is 16.1. The van der Waals surface area contributed by atoms with E-state index in [2.05, 4.69) is 53.6 Å². The molecule has 5 nitrogen and oxygen atoms in total. The van der Waals surface area contributed by atoms with Gasteiger partial charge in [0.2, 0.25) is 0 Å². The summed E-state index contributed by atoms with van der Waals surface area (Å²) >= 11 is 0. The molecule has 178 valence electrons. The van der Waals surface area contributed by atoms with Gasteiger partial charge in [-0.25, -0.2) is 0 Å². The number of fused-ring (bicyclic) bond motifs is 1. The molecular formula is C30H31N3O2. The molecule has 1 aliphatic carbocycles. The van der Waals surface area contributed by atoms with Crippen LogP contribution in [0.3, 0.4) is 0 Å². The number of benzene rings is 3. The minimum atomic E-state index is -0.269. The lowest BCUT2D eigenvalue weighted by Crippen LogP contribution is -2.31. The molecule has 2 N–H and O–H groups in total. The highest BCUT2D eigenvalue weighted by Crippen LogP contribution is 2.45. The minimum absolute atomic E-state index is 0.0236. The van der Waals surface area contributed by atoms with E-state index in [-0.39, 0.29) is 23.0 Å². The van der Waals surface area contributed by atoms with Gasteiger partial charge in [-0.2, -0.15) is 0 Å². The summed E-state index contributed by atoms with van der Waals surface area (Å²) in [6, 6.07) is 23.0. The van der Waals surface area contributed by atoms with Crippen molar-refractivity contribution in [3.05, 3.63) is 101 Å². The van der Waals surface area contributed by atoms with Gasteiger partial charge in [-0.1, -0.05) is 56.3 Å². The number of rotatable bonds is 4. The van der Waals surface area contributed by atoms with Crippen LogP contribution in [0.5, 0.6) is 0 Å². The Bertz CT molecular complexity index is 1320. The van der Waals surface area contributed by atoms with Gasteiger partial charge in [0, 0.05) is 48.6 Å². The standard InChI is InChI=1S/C30H31N3O2/c1-30(2)17-25-27(26(34)18-30)28(19-10-13-22(14-11-19)33(3)4)32-23-15-12-21(16-24(23)31-25)29(35)20-8-6-5-7-9-20/h5-16,28,31-32H,17-18H2,1-4H3/t28-/m1/s1. The maximum Gasteiger partial charge on any atom is 0.193 e. The highest BCUT2D eigenvalue weighted by Gasteiger charge is 2.38. The van der Waals surface area contributed by atoms with Crippen LogP contribution in [-0.2, 0) is 4.79 Å². The van der Waals surface area contributed by atoms with Gasteiger partial charge in [0.15, 0.2) is 11.6 Å². The molecular weight excluding hydrogens is 434 g/mol. The Morgan fingerprint density at radius 3 is 2.29 bits per heavy atom. The summed E-state index contributed by atoms with van der Waals surface area (Å²) in [6.45, 7) is 4.26. The second-order valence-electron chi connectivity index (χ2n) is 10.5. The van der Waals surface area contributed by atoms with Crippen molar-refractivity contribution < 1.29 is 9.59 Å². The first kappa shape index (κ1) is 22.9. The van der Waals surface area contributed by atoms with Crippen LogP contribution in [0.4, 0.5) is 17.1 Å². The van der Waals surface area contributed by atoms with Crippen molar-refractivity contribution in [3.63, 3.8) is 0 Å². The summed E-state index contributed by atoms with van der Waals surface area (Å²) in [4.78, 5) is 28.6. The molecule has 35 heavy (non-hydrogen) atoms. The molecule has 0 saturated carbocycles. The van der Waals surface area contributed by atoms with Crippen LogP contribution >= 0.6 is 0 Å². The molecule has 0 amide bonds. The van der Waals surface area contributed by atoms with Gasteiger partial charge in [-0.15, -0.1) is 0 Å². The van der Waals surface area contributed by atoms with Crippen LogP contribution < -0.4 is 15.5 Å². The molecule has 0 aromatic heterocycles. The Kier molecular flexibility index (Phi) is 5.72.